The SMILES string of the molecule is COc1ccc(OC)c(NC(=O)C2(C)CCN2CC(C)C)c1. The Kier molecular flexibility index (Phi) is 4.96. The van der Waals surface area contributed by atoms with Crippen molar-refractivity contribution in [3.05, 3.63) is 18.2 Å². The molecule has 1 amide bonds. The van der Waals surface area contributed by atoms with Crippen molar-refractivity contribution in [2.24, 2.45) is 5.92 Å². The largest absolute Gasteiger partial charge is 0.497 e. The van der Waals surface area contributed by atoms with E-state index in [4.69, 9.17) is 9.47 Å². The second-order valence-corrected chi connectivity index (χ2v) is 6.38. The van der Waals surface area contributed by atoms with Gasteiger partial charge in [0, 0.05) is 19.2 Å². The highest BCUT2D eigenvalue weighted by atomic mass is 16.5. The van der Waals surface area contributed by atoms with E-state index < -0.39 is 5.54 Å². The van der Waals surface area contributed by atoms with Crippen LogP contribution in [0.15, 0.2) is 18.2 Å². The normalized spacial score (nSPS) is 21.4. The molecule has 0 saturated carbocycles. The summed E-state index contributed by atoms with van der Waals surface area (Å²) in [6.07, 6.45) is 0.873. The fourth-order valence-corrected chi connectivity index (χ4v) is 2.76. The molecule has 1 aliphatic rings. The maximum atomic E-state index is 12.7. The Morgan fingerprint density at radius 1 is 1.36 bits per heavy atom. The fourth-order valence-electron chi connectivity index (χ4n) is 2.76. The van der Waals surface area contributed by atoms with Crippen LogP contribution in [0.2, 0.25) is 0 Å². The molecule has 1 aromatic rings. The van der Waals surface area contributed by atoms with E-state index in [1.54, 1.807) is 26.4 Å². The molecule has 1 aliphatic heterocycles. The quantitative estimate of drug-likeness (QED) is 0.878. The summed E-state index contributed by atoms with van der Waals surface area (Å²) >= 11 is 0. The average Bonchev–Trinajstić information content (AvgIpc) is 2.50. The number of carbonyl (C=O) groups excluding carboxylic acids is 1. The zero-order valence-corrected chi connectivity index (χ0v) is 14.1. The van der Waals surface area contributed by atoms with Gasteiger partial charge < -0.3 is 14.8 Å². The Morgan fingerprint density at radius 3 is 2.59 bits per heavy atom. The van der Waals surface area contributed by atoms with E-state index in [1.165, 1.54) is 0 Å². The van der Waals surface area contributed by atoms with Crippen molar-refractivity contribution in [3.8, 4) is 11.5 Å². The second-order valence-electron chi connectivity index (χ2n) is 6.38. The summed E-state index contributed by atoms with van der Waals surface area (Å²) in [6, 6.07) is 5.39. The van der Waals surface area contributed by atoms with E-state index in [0.717, 1.165) is 19.5 Å². The molecular formula is C17H26N2O3. The third-order valence-electron chi connectivity index (χ3n) is 4.30. The number of methoxy groups -OCH3 is 2. The van der Waals surface area contributed by atoms with Crippen molar-refractivity contribution in [3.63, 3.8) is 0 Å². The molecular weight excluding hydrogens is 280 g/mol. The number of hydrogen-bond acceptors (Lipinski definition) is 4. The van der Waals surface area contributed by atoms with Crippen LogP contribution in [0.5, 0.6) is 11.5 Å². The molecule has 5 heteroatoms. The van der Waals surface area contributed by atoms with Crippen molar-refractivity contribution in [1.82, 2.24) is 4.90 Å². The number of hydrogen-bond donors (Lipinski definition) is 1. The number of nitrogens with one attached hydrogen (secondary N) is 1. The molecule has 0 spiro atoms. The van der Waals surface area contributed by atoms with Gasteiger partial charge in [-0.1, -0.05) is 13.8 Å². The summed E-state index contributed by atoms with van der Waals surface area (Å²) in [5.74, 6) is 1.87. The first-order chi connectivity index (χ1) is 10.4. The maximum Gasteiger partial charge on any atom is 0.244 e. The summed E-state index contributed by atoms with van der Waals surface area (Å²) in [5, 5.41) is 3.00. The van der Waals surface area contributed by atoms with Crippen LogP contribution in [-0.4, -0.2) is 43.7 Å². The standard InChI is InChI=1S/C17H26N2O3/c1-12(2)11-19-9-8-17(19,3)16(20)18-14-10-13(21-4)6-7-15(14)22-5/h6-7,10,12H,8-9,11H2,1-5H3,(H,18,20). The first kappa shape index (κ1) is 16.6. The average molecular weight is 306 g/mol. The van der Waals surface area contributed by atoms with Crippen molar-refractivity contribution in [1.29, 1.82) is 0 Å². The second kappa shape index (κ2) is 6.57. The summed E-state index contributed by atoms with van der Waals surface area (Å²) in [7, 11) is 3.19. The Balaban J connectivity index is 2.15. The van der Waals surface area contributed by atoms with Crippen LogP contribution >= 0.6 is 0 Å². The molecule has 2 rings (SSSR count). The Labute approximate surface area is 132 Å². The number of rotatable bonds is 6. The summed E-state index contributed by atoms with van der Waals surface area (Å²) in [5.41, 5.74) is 0.197. The Bertz CT molecular complexity index is 545. The van der Waals surface area contributed by atoms with E-state index in [-0.39, 0.29) is 5.91 Å². The van der Waals surface area contributed by atoms with E-state index in [1.807, 2.05) is 13.0 Å². The highest BCUT2D eigenvalue weighted by Gasteiger charge is 2.46. The lowest BCUT2D eigenvalue weighted by molar-refractivity contribution is -0.136. The molecule has 122 valence electrons. The van der Waals surface area contributed by atoms with Gasteiger partial charge in [0.2, 0.25) is 5.91 Å². The number of likely N-dealkylation sites (tertiary alicyclic amines) is 1. The van der Waals surface area contributed by atoms with E-state index >= 15 is 0 Å². The highest BCUT2D eigenvalue weighted by molar-refractivity contribution is 5.99. The minimum Gasteiger partial charge on any atom is -0.497 e. The van der Waals surface area contributed by atoms with Gasteiger partial charge in [0.15, 0.2) is 0 Å². The van der Waals surface area contributed by atoms with Crippen LogP contribution in [-0.2, 0) is 4.79 Å². The van der Waals surface area contributed by atoms with E-state index in [0.29, 0.717) is 23.1 Å². The van der Waals surface area contributed by atoms with Gasteiger partial charge in [-0.25, -0.2) is 0 Å². The first-order valence-corrected chi connectivity index (χ1v) is 7.69. The predicted molar refractivity (Wildman–Crippen MR) is 87.6 cm³/mol. The summed E-state index contributed by atoms with van der Waals surface area (Å²) in [4.78, 5) is 15.0. The van der Waals surface area contributed by atoms with Gasteiger partial charge in [-0.05, 0) is 31.4 Å². The van der Waals surface area contributed by atoms with Gasteiger partial charge in [-0.15, -0.1) is 0 Å². The van der Waals surface area contributed by atoms with Gasteiger partial charge in [0.1, 0.15) is 11.5 Å². The number of amides is 1. The van der Waals surface area contributed by atoms with Gasteiger partial charge in [-0.2, -0.15) is 0 Å². The zero-order chi connectivity index (χ0) is 16.3. The molecule has 0 aromatic heterocycles. The molecule has 0 bridgehead atoms. The number of carbonyl (C=O) groups is 1. The molecule has 1 atom stereocenters. The van der Waals surface area contributed by atoms with Crippen LogP contribution in [0.1, 0.15) is 27.2 Å². The molecule has 1 unspecified atom stereocenters. The number of nitrogens with zero attached hydrogens (tertiary/aromatic N) is 1. The molecule has 22 heavy (non-hydrogen) atoms. The summed E-state index contributed by atoms with van der Waals surface area (Å²) in [6.45, 7) is 8.24. The van der Waals surface area contributed by atoms with Crippen molar-refractivity contribution >= 4 is 11.6 Å². The van der Waals surface area contributed by atoms with E-state index in [9.17, 15) is 4.79 Å². The highest BCUT2D eigenvalue weighted by Crippen LogP contribution is 2.35. The van der Waals surface area contributed by atoms with Crippen LogP contribution in [0.3, 0.4) is 0 Å². The minimum atomic E-state index is -0.446. The molecule has 1 N–H and O–H groups in total. The van der Waals surface area contributed by atoms with Gasteiger partial charge >= 0.3 is 0 Å². The smallest absolute Gasteiger partial charge is 0.244 e. The number of ether oxygens (including phenoxy) is 2. The predicted octanol–water partition coefficient (Wildman–Crippen LogP) is 2.76. The van der Waals surface area contributed by atoms with Crippen molar-refractivity contribution < 1.29 is 14.3 Å². The molecule has 1 aromatic carbocycles. The Hall–Kier alpha value is -1.75. The molecule has 0 radical (unpaired) electrons. The van der Waals surface area contributed by atoms with Gasteiger partial charge in [0.25, 0.3) is 0 Å². The first-order valence-electron chi connectivity index (χ1n) is 7.69. The Morgan fingerprint density at radius 2 is 2.09 bits per heavy atom. The minimum absolute atomic E-state index is 0.00551. The topological polar surface area (TPSA) is 50.8 Å². The molecule has 5 nitrogen and oxygen atoms in total. The van der Waals surface area contributed by atoms with Crippen LogP contribution in [0, 0.1) is 5.92 Å². The lowest BCUT2D eigenvalue weighted by atomic mass is 9.84. The van der Waals surface area contributed by atoms with Crippen LogP contribution in [0.25, 0.3) is 0 Å². The maximum absolute atomic E-state index is 12.7. The summed E-state index contributed by atoms with van der Waals surface area (Å²) < 4.78 is 10.5. The fraction of sp³-hybridized carbons (Fsp3) is 0.588. The monoisotopic (exact) mass is 306 g/mol. The van der Waals surface area contributed by atoms with Gasteiger partial charge in [-0.3, -0.25) is 9.69 Å². The lowest BCUT2D eigenvalue weighted by Gasteiger charge is -2.50. The molecule has 1 heterocycles. The molecule has 0 aliphatic carbocycles. The lowest BCUT2D eigenvalue weighted by Crippen LogP contribution is -2.64. The number of benzene rings is 1. The molecule has 1 fully saturated rings. The van der Waals surface area contributed by atoms with Gasteiger partial charge in [0.05, 0.1) is 25.4 Å². The van der Waals surface area contributed by atoms with Crippen molar-refractivity contribution in [2.45, 2.75) is 32.7 Å². The third kappa shape index (κ3) is 3.19. The zero-order valence-electron chi connectivity index (χ0n) is 14.1. The van der Waals surface area contributed by atoms with E-state index in [2.05, 4.69) is 24.1 Å². The van der Waals surface area contributed by atoms with Crippen LogP contribution in [0.4, 0.5) is 5.69 Å². The van der Waals surface area contributed by atoms with Crippen molar-refractivity contribution in [2.75, 3.05) is 32.6 Å². The molecule has 1 saturated heterocycles. The third-order valence-corrected chi connectivity index (χ3v) is 4.30. The van der Waals surface area contributed by atoms with Crippen LogP contribution < -0.4 is 14.8 Å². The number of anilines is 1.